The largest absolute Gasteiger partial charge is 0.369 e. The molecule has 1 aliphatic carbocycles. The highest BCUT2D eigenvalue weighted by Crippen LogP contribution is 2.27. The van der Waals surface area contributed by atoms with Crippen LogP contribution in [-0.4, -0.2) is 42.5 Å². The van der Waals surface area contributed by atoms with E-state index in [1.807, 2.05) is 0 Å². The molecule has 1 amide bonds. The number of nitrogens with zero attached hydrogens (tertiary/aromatic N) is 1. The van der Waals surface area contributed by atoms with Crippen LogP contribution >= 0.6 is 0 Å². The van der Waals surface area contributed by atoms with Crippen LogP contribution in [0.4, 0.5) is 0 Å². The summed E-state index contributed by atoms with van der Waals surface area (Å²) in [6, 6.07) is 1.48. The first-order valence-electron chi connectivity index (χ1n) is 7.47. The molecule has 1 saturated carbocycles. The summed E-state index contributed by atoms with van der Waals surface area (Å²) >= 11 is 0. The molecule has 18 heavy (non-hydrogen) atoms. The quantitative estimate of drug-likeness (QED) is 0.789. The molecular weight excluding hydrogens is 226 g/mol. The van der Waals surface area contributed by atoms with Crippen molar-refractivity contribution in [2.75, 3.05) is 19.6 Å². The Labute approximate surface area is 110 Å². The topological polar surface area (TPSA) is 58.4 Å². The summed E-state index contributed by atoms with van der Waals surface area (Å²) in [6.45, 7) is 5.38. The highest BCUT2D eigenvalue weighted by atomic mass is 16.1. The Morgan fingerprint density at radius 2 is 1.78 bits per heavy atom. The van der Waals surface area contributed by atoms with E-state index >= 15 is 0 Å². The molecule has 0 radical (unpaired) electrons. The SMILES string of the molecule is CCNC1CCC(N2CCC(C(N)=O)CC2)CC1. The van der Waals surface area contributed by atoms with Crippen molar-refractivity contribution in [2.24, 2.45) is 11.7 Å². The van der Waals surface area contributed by atoms with Gasteiger partial charge in [-0.1, -0.05) is 6.92 Å². The summed E-state index contributed by atoms with van der Waals surface area (Å²) < 4.78 is 0. The molecule has 0 bridgehead atoms. The van der Waals surface area contributed by atoms with E-state index in [9.17, 15) is 4.79 Å². The molecule has 1 saturated heterocycles. The van der Waals surface area contributed by atoms with E-state index in [-0.39, 0.29) is 11.8 Å². The molecule has 1 heterocycles. The summed E-state index contributed by atoms with van der Waals surface area (Å²) in [6.07, 6.45) is 7.13. The minimum absolute atomic E-state index is 0.106. The van der Waals surface area contributed by atoms with Crippen LogP contribution in [0.5, 0.6) is 0 Å². The predicted octanol–water partition coefficient (Wildman–Crippen LogP) is 1.10. The average Bonchev–Trinajstić information content (AvgIpc) is 2.40. The third kappa shape index (κ3) is 3.45. The fraction of sp³-hybridized carbons (Fsp3) is 0.929. The van der Waals surface area contributed by atoms with E-state index in [1.165, 1.54) is 25.7 Å². The van der Waals surface area contributed by atoms with Gasteiger partial charge in [-0.25, -0.2) is 0 Å². The number of nitrogens with two attached hydrogens (primary N) is 1. The second kappa shape index (κ2) is 6.53. The Balaban J connectivity index is 1.73. The molecule has 0 unspecified atom stereocenters. The van der Waals surface area contributed by atoms with Gasteiger partial charge in [0.05, 0.1) is 0 Å². The van der Waals surface area contributed by atoms with Crippen LogP contribution in [0.15, 0.2) is 0 Å². The van der Waals surface area contributed by atoms with Crippen molar-refractivity contribution in [1.29, 1.82) is 0 Å². The molecule has 0 aromatic carbocycles. The van der Waals surface area contributed by atoms with Crippen molar-refractivity contribution in [3.05, 3.63) is 0 Å². The first-order valence-corrected chi connectivity index (χ1v) is 7.47. The van der Waals surface area contributed by atoms with Crippen molar-refractivity contribution in [1.82, 2.24) is 10.2 Å². The van der Waals surface area contributed by atoms with E-state index in [0.717, 1.165) is 44.6 Å². The van der Waals surface area contributed by atoms with Gasteiger partial charge in [-0.3, -0.25) is 4.79 Å². The van der Waals surface area contributed by atoms with Crippen LogP contribution < -0.4 is 11.1 Å². The molecule has 0 aromatic rings. The van der Waals surface area contributed by atoms with Gasteiger partial charge in [0.2, 0.25) is 5.91 Å². The molecule has 0 atom stereocenters. The number of hydrogen-bond acceptors (Lipinski definition) is 3. The molecule has 0 aromatic heterocycles. The van der Waals surface area contributed by atoms with Gasteiger partial charge < -0.3 is 16.0 Å². The first-order chi connectivity index (χ1) is 8.70. The molecule has 4 heteroatoms. The summed E-state index contributed by atoms with van der Waals surface area (Å²) in [5, 5.41) is 3.55. The van der Waals surface area contributed by atoms with Gasteiger partial charge >= 0.3 is 0 Å². The Hall–Kier alpha value is -0.610. The number of amides is 1. The van der Waals surface area contributed by atoms with Gasteiger partial charge in [-0.2, -0.15) is 0 Å². The number of piperidine rings is 1. The van der Waals surface area contributed by atoms with Gasteiger partial charge in [0.25, 0.3) is 0 Å². The normalized spacial score (nSPS) is 31.4. The fourth-order valence-electron chi connectivity index (χ4n) is 3.48. The third-order valence-electron chi connectivity index (χ3n) is 4.64. The van der Waals surface area contributed by atoms with Gasteiger partial charge in [-0.15, -0.1) is 0 Å². The Morgan fingerprint density at radius 3 is 2.28 bits per heavy atom. The number of primary amides is 1. The minimum Gasteiger partial charge on any atom is -0.369 e. The van der Waals surface area contributed by atoms with Crippen LogP contribution in [0.2, 0.25) is 0 Å². The molecule has 2 rings (SSSR count). The predicted molar refractivity (Wildman–Crippen MR) is 73.2 cm³/mol. The average molecular weight is 253 g/mol. The standard InChI is InChI=1S/C14H27N3O/c1-2-16-12-3-5-13(6-4-12)17-9-7-11(8-10-17)14(15)18/h11-13,16H,2-10H2,1H3,(H2,15,18). The molecule has 3 N–H and O–H groups in total. The van der Waals surface area contributed by atoms with Crippen molar-refractivity contribution in [3.8, 4) is 0 Å². The van der Waals surface area contributed by atoms with E-state index in [4.69, 9.17) is 5.73 Å². The highest BCUT2D eigenvalue weighted by molar-refractivity contribution is 5.76. The lowest BCUT2D eigenvalue weighted by molar-refractivity contribution is -0.123. The zero-order valence-electron chi connectivity index (χ0n) is 11.5. The van der Waals surface area contributed by atoms with Crippen molar-refractivity contribution < 1.29 is 4.79 Å². The number of hydrogen-bond donors (Lipinski definition) is 2. The Bertz CT molecular complexity index is 266. The molecule has 0 spiro atoms. The molecule has 1 aliphatic heterocycles. The van der Waals surface area contributed by atoms with Gasteiger partial charge in [0, 0.05) is 18.0 Å². The molecule has 104 valence electrons. The monoisotopic (exact) mass is 253 g/mol. The van der Waals surface area contributed by atoms with Gasteiger partial charge in [0.15, 0.2) is 0 Å². The zero-order chi connectivity index (χ0) is 13.0. The van der Waals surface area contributed by atoms with Crippen LogP contribution in [0.3, 0.4) is 0 Å². The lowest BCUT2D eigenvalue weighted by atomic mass is 9.87. The second-order valence-electron chi connectivity index (χ2n) is 5.78. The lowest BCUT2D eigenvalue weighted by Gasteiger charge is -2.40. The Morgan fingerprint density at radius 1 is 1.17 bits per heavy atom. The smallest absolute Gasteiger partial charge is 0.220 e. The minimum atomic E-state index is -0.106. The number of carbonyl (C=O) groups is 1. The number of likely N-dealkylation sites (tertiary alicyclic amines) is 1. The summed E-state index contributed by atoms with van der Waals surface area (Å²) in [4.78, 5) is 13.7. The van der Waals surface area contributed by atoms with Crippen LogP contribution in [-0.2, 0) is 4.79 Å². The van der Waals surface area contributed by atoms with Crippen LogP contribution in [0.1, 0.15) is 45.4 Å². The zero-order valence-corrected chi connectivity index (χ0v) is 11.5. The summed E-state index contributed by atoms with van der Waals surface area (Å²) in [5.74, 6) is 0.0184. The molecule has 4 nitrogen and oxygen atoms in total. The van der Waals surface area contributed by atoms with Crippen LogP contribution in [0, 0.1) is 5.92 Å². The summed E-state index contributed by atoms with van der Waals surface area (Å²) in [7, 11) is 0. The fourth-order valence-corrected chi connectivity index (χ4v) is 3.48. The van der Waals surface area contributed by atoms with Crippen molar-refractivity contribution in [3.63, 3.8) is 0 Å². The van der Waals surface area contributed by atoms with Gasteiger partial charge in [0.1, 0.15) is 0 Å². The van der Waals surface area contributed by atoms with Crippen molar-refractivity contribution >= 4 is 5.91 Å². The maximum atomic E-state index is 11.1. The van der Waals surface area contributed by atoms with E-state index in [1.54, 1.807) is 0 Å². The van der Waals surface area contributed by atoms with Crippen molar-refractivity contribution in [2.45, 2.75) is 57.5 Å². The second-order valence-corrected chi connectivity index (χ2v) is 5.78. The first kappa shape index (κ1) is 13.8. The van der Waals surface area contributed by atoms with E-state index < -0.39 is 0 Å². The van der Waals surface area contributed by atoms with E-state index in [0.29, 0.717) is 0 Å². The highest BCUT2D eigenvalue weighted by Gasteiger charge is 2.30. The number of rotatable bonds is 4. The maximum Gasteiger partial charge on any atom is 0.220 e. The van der Waals surface area contributed by atoms with Gasteiger partial charge in [-0.05, 0) is 58.2 Å². The maximum absolute atomic E-state index is 11.1. The number of carbonyl (C=O) groups excluding carboxylic acids is 1. The van der Waals surface area contributed by atoms with E-state index in [2.05, 4.69) is 17.1 Å². The van der Waals surface area contributed by atoms with Crippen LogP contribution in [0.25, 0.3) is 0 Å². The Kier molecular flexibility index (Phi) is 5.01. The number of nitrogens with one attached hydrogen (secondary N) is 1. The third-order valence-corrected chi connectivity index (χ3v) is 4.64. The molecule has 2 fully saturated rings. The lowest BCUT2D eigenvalue weighted by Crippen LogP contribution is -2.47. The molecular formula is C14H27N3O. The molecule has 2 aliphatic rings. The summed E-state index contributed by atoms with van der Waals surface area (Å²) in [5.41, 5.74) is 5.38.